The number of carbonyl (C=O) groups excluding carboxylic acids is 1. The van der Waals surface area contributed by atoms with E-state index in [1.54, 1.807) is 6.92 Å². The fourth-order valence-electron chi connectivity index (χ4n) is 1.28. The molecule has 0 spiro atoms. The molecular weight excluding hydrogens is 297 g/mol. The fraction of sp³-hybridized carbons (Fsp3) is 0.100. The number of halogens is 2. The topological polar surface area (TPSA) is 75.1 Å². The highest BCUT2D eigenvalue weighted by atomic mass is 35.5. The van der Waals surface area contributed by atoms with Gasteiger partial charge in [0, 0.05) is 5.02 Å². The lowest BCUT2D eigenvalue weighted by Gasteiger charge is -2.08. The number of aromatic nitrogens is 2. The van der Waals surface area contributed by atoms with Crippen LogP contribution >= 0.6 is 34.7 Å². The molecule has 8 heteroatoms. The van der Waals surface area contributed by atoms with E-state index in [1.807, 2.05) is 0 Å². The Bertz CT molecular complexity index is 615. The Balaban J connectivity index is 2.30. The molecule has 0 radical (unpaired) electrons. The first-order valence-corrected chi connectivity index (χ1v) is 6.30. The predicted octanol–water partition coefficient (Wildman–Crippen LogP) is 3.11. The van der Waals surface area contributed by atoms with Crippen LogP contribution in [0.3, 0.4) is 0 Å². The quantitative estimate of drug-likeness (QED) is 0.836. The molecule has 0 unspecified atom stereocenters. The van der Waals surface area contributed by atoms with Crippen molar-refractivity contribution < 1.29 is 9.90 Å². The largest absolute Gasteiger partial charge is 0.504 e. The number of nitrogens with one attached hydrogen (secondary N) is 1. The monoisotopic (exact) mass is 303 g/mol. The predicted molar refractivity (Wildman–Crippen MR) is 70.7 cm³/mol. The average Bonchev–Trinajstić information content (AvgIpc) is 2.71. The van der Waals surface area contributed by atoms with E-state index < -0.39 is 5.91 Å². The minimum atomic E-state index is -0.420. The van der Waals surface area contributed by atoms with Crippen LogP contribution in [0.1, 0.15) is 15.4 Å². The highest BCUT2D eigenvalue weighted by Gasteiger charge is 2.16. The SMILES string of the molecule is Cc1nnsc1C(=O)Nc1cc(Cl)cc(Cl)c1O. The summed E-state index contributed by atoms with van der Waals surface area (Å²) in [6.07, 6.45) is 0. The number of phenolic OH excluding ortho intramolecular Hbond substituents is 1. The van der Waals surface area contributed by atoms with E-state index >= 15 is 0 Å². The van der Waals surface area contributed by atoms with Gasteiger partial charge in [-0.3, -0.25) is 4.79 Å². The molecule has 2 aromatic rings. The second-order valence-electron chi connectivity index (χ2n) is 3.43. The van der Waals surface area contributed by atoms with E-state index in [1.165, 1.54) is 12.1 Å². The zero-order valence-electron chi connectivity index (χ0n) is 9.07. The first kappa shape index (κ1) is 13.1. The lowest BCUT2D eigenvalue weighted by atomic mass is 10.2. The van der Waals surface area contributed by atoms with Crippen molar-refractivity contribution in [2.45, 2.75) is 6.92 Å². The summed E-state index contributed by atoms with van der Waals surface area (Å²) in [7, 11) is 0. The number of hydrogen-bond donors (Lipinski definition) is 2. The Morgan fingerprint density at radius 1 is 1.44 bits per heavy atom. The van der Waals surface area contributed by atoms with Gasteiger partial charge in [-0.1, -0.05) is 27.7 Å². The standard InChI is InChI=1S/C10H7Cl2N3O2S/c1-4-9(18-15-14-4)10(17)13-7-3-5(11)2-6(12)8(7)16/h2-3,16H,1H3,(H,13,17). The van der Waals surface area contributed by atoms with Crippen molar-refractivity contribution in [3.05, 3.63) is 32.7 Å². The zero-order chi connectivity index (χ0) is 13.3. The molecule has 0 aliphatic carbocycles. The van der Waals surface area contributed by atoms with Crippen molar-refractivity contribution in [2.75, 3.05) is 5.32 Å². The van der Waals surface area contributed by atoms with Crippen LogP contribution in [0.2, 0.25) is 10.0 Å². The number of phenols is 1. The Kier molecular flexibility index (Phi) is 3.70. The van der Waals surface area contributed by atoms with Crippen molar-refractivity contribution in [1.82, 2.24) is 9.59 Å². The third kappa shape index (κ3) is 2.55. The number of hydrogen-bond acceptors (Lipinski definition) is 5. The highest BCUT2D eigenvalue weighted by molar-refractivity contribution is 7.08. The van der Waals surface area contributed by atoms with Crippen molar-refractivity contribution in [3.63, 3.8) is 0 Å². The Morgan fingerprint density at radius 2 is 2.17 bits per heavy atom. The van der Waals surface area contributed by atoms with Gasteiger partial charge in [0.2, 0.25) is 0 Å². The Morgan fingerprint density at radius 3 is 2.78 bits per heavy atom. The zero-order valence-corrected chi connectivity index (χ0v) is 11.4. The van der Waals surface area contributed by atoms with Crippen LogP contribution < -0.4 is 5.32 Å². The Labute approximate surface area is 117 Å². The molecule has 2 N–H and O–H groups in total. The van der Waals surface area contributed by atoms with Crippen LogP contribution in [0.5, 0.6) is 5.75 Å². The maximum absolute atomic E-state index is 11.9. The molecule has 1 aromatic carbocycles. The van der Waals surface area contributed by atoms with Gasteiger partial charge in [-0.2, -0.15) is 0 Å². The number of rotatable bonds is 2. The van der Waals surface area contributed by atoms with Crippen LogP contribution in [0.4, 0.5) is 5.69 Å². The van der Waals surface area contributed by atoms with Crippen molar-refractivity contribution in [1.29, 1.82) is 0 Å². The first-order valence-electron chi connectivity index (χ1n) is 4.77. The van der Waals surface area contributed by atoms with Crippen LogP contribution in [0.15, 0.2) is 12.1 Å². The summed E-state index contributed by atoms with van der Waals surface area (Å²) in [5.41, 5.74) is 0.662. The van der Waals surface area contributed by atoms with E-state index in [-0.39, 0.29) is 16.5 Å². The van der Waals surface area contributed by atoms with Crippen molar-refractivity contribution in [3.8, 4) is 5.75 Å². The van der Waals surface area contributed by atoms with Gasteiger partial charge >= 0.3 is 0 Å². The summed E-state index contributed by atoms with van der Waals surface area (Å²) < 4.78 is 3.66. The molecule has 0 saturated heterocycles. The van der Waals surface area contributed by atoms with Crippen LogP contribution in [-0.4, -0.2) is 20.6 Å². The van der Waals surface area contributed by atoms with Crippen molar-refractivity contribution >= 4 is 46.3 Å². The molecule has 18 heavy (non-hydrogen) atoms. The average molecular weight is 304 g/mol. The molecule has 0 bridgehead atoms. The van der Waals surface area contributed by atoms with Crippen LogP contribution in [0, 0.1) is 6.92 Å². The fourth-order valence-corrected chi connectivity index (χ4v) is 2.33. The molecule has 1 amide bonds. The third-order valence-corrected chi connectivity index (χ3v) is 3.47. The maximum Gasteiger partial charge on any atom is 0.269 e. The van der Waals surface area contributed by atoms with E-state index in [9.17, 15) is 9.90 Å². The molecule has 0 aliphatic heterocycles. The van der Waals surface area contributed by atoms with Gasteiger partial charge in [-0.25, -0.2) is 0 Å². The molecule has 94 valence electrons. The summed E-state index contributed by atoms with van der Waals surface area (Å²) in [6.45, 7) is 1.67. The number of amides is 1. The molecule has 0 saturated carbocycles. The Hall–Kier alpha value is -1.37. The summed E-state index contributed by atoms with van der Waals surface area (Å²) in [6, 6.07) is 2.79. The molecule has 1 heterocycles. The first-order chi connectivity index (χ1) is 8.49. The van der Waals surface area contributed by atoms with E-state index in [4.69, 9.17) is 23.2 Å². The van der Waals surface area contributed by atoms with Gasteiger partial charge < -0.3 is 10.4 Å². The number of aromatic hydroxyl groups is 1. The van der Waals surface area contributed by atoms with Gasteiger partial charge in [-0.15, -0.1) is 5.10 Å². The molecule has 5 nitrogen and oxygen atoms in total. The smallest absolute Gasteiger partial charge is 0.269 e. The molecule has 1 aromatic heterocycles. The van der Waals surface area contributed by atoms with Gasteiger partial charge in [0.05, 0.1) is 16.4 Å². The minimum absolute atomic E-state index is 0.0666. The summed E-state index contributed by atoms with van der Waals surface area (Å²) in [4.78, 5) is 12.3. The summed E-state index contributed by atoms with van der Waals surface area (Å²) >= 11 is 12.5. The molecule has 0 aliphatic rings. The number of benzene rings is 1. The van der Waals surface area contributed by atoms with Gasteiger partial charge in [0.25, 0.3) is 5.91 Å². The number of nitrogens with zero attached hydrogens (tertiary/aromatic N) is 2. The van der Waals surface area contributed by atoms with Crippen LogP contribution in [-0.2, 0) is 0 Å². The van der Waals surface area contributed by atoms with E-state index in [0.717, 1.165) is 11.5 Å². The van der Waals surface area contributed by atoms with Crippen molar-refractivity contribution in [2.24, 2.45) is 0 Å². The summed E-state index contributed by atoms with van der Waals surface area (Å²) in [5, 5.41) is 16.3. The third-order valence-electron chi connectivity index (χ3n) is 2.13. The van der Waals surface area contributed by atoms with Gasteiger partial charge in [-0.05, 0) is 30.6 Å². The molecule has 0 atom stereocenters. The highest BCUT2D eigenvalue weighted by Crippen LogP contribution is 2.35. The lowest BCUT2D eigenvalue weighted by Crippen LogP contribution is -2.11. The maximum atomic E-state index is 11.9. The number of carbonyl (C=O) groups is 1. The normalized spacial score (nSPS) is 10.4. The summed E-state index contributed by atoms with van der Waals surface area (Å²) in [5.74, 6) is -0.652. The molecule has 2 rings (SSSR count). The van der Waals surface area contributed by atoms with Crippen LogP contribution in [0.25, 0.3) is 0 Å². The molecular formula is C10H7Cl2N3O2S. The second kappa shape index (κ2) is 5.09. The van der Waals surface area contributed by atoms with Gasteiger partial charge in [0.15, 0.2) is 5.75 Å². The van der Waals surface area contributed by atoms with E-state index in [2.05, 4.69) is 14.9 Å². The number of anilines is 1. The molecule has 0 fully saturated rings. The second-order valence-corrected chi connectivity index (χ2v) is 5.02. The van der Waals surface area contributed by atoms with E-state index in [0.29, 0.717) is 15.6 Å². The van der Waals surface area contributed by atoms with Gasteiger partial charge in [0.1, 0.15) is 4.88 Å². The lowest BCUT2D eigenvalue weighted by molar-refractivity contribution is 0.102. The number of aryl methyl sites for hydroxylation is 1. The minimum Gasteiger partial charge on any atom is -0.504 e.